The van der Waals surface area contributed by atoms with E-state index in [0.717, 1.165) is 11.3 Å². The van der Waals surface area contributed by atoms with Crippen LogP contribution in [0.1, 0.15) is 26.3 Å². The Morgan fingerprint density at radius 3 is 2.81 bits per heavy atom. The van der Waals surface area contributed by atoms with Crippen LogP contribution in [0.25, 0.3) is 0 Å². The molecular weight excluding hydrogens is 290 g/mol. The van der Waals surface area contributed by atoms with Crippen molar-refractivity contribution in [3.05, 3.63) is 28.8 Å². The summed E-state index contributed by atoms with van der Waals surface area (Å²) in [4.78, 5) is 25.3. The van der Waals surface area contributed by atoms with Gasteiger partial charge in [-0.3, -0.25) is 14.9 Å². The van der Waals surface area contributed by atoms with Crippen LogP contribution in [-0.4, -0.2) is 30.4 Å². The minimum atomic E-state index is -0.387. The first kappa shape index (κ1) is 15.8. The van der Waals surface area contributed by atoms with Gasteiger partial charge in [0.1, 0.15) is 6.04 Å². The number of piperazine rings is 1. The minimum Gasteiger partial charge on any atom is -0.350 e. The Bertz CT molecular complexity index is 560. The Labute approximate surface area is 129 Å². The van der Waals surface area contributed by atoms with Crippen molar-refractivity contribution in [2.75, 3.05) is 11.4 Å². The fourth-order valence-corrected chi connectivity index (χ4v) is 2.49. The fourth-order valence-electron chi connectivity index (χ4n) is 2.30. The molecule has 0 saturated carbocycles. The quantitative estimate of drug-likeness (QED) is 0.831. The first-order valence-corrected chi connectivity index (χ1v) is 7.38. The molecule has 1 saturated heterocycles. The normalized spacial score (nSPS) is 19.1. The second-order valence-electron chi connectivity index (χ2n) is 5.52. The first-order valence-electron chi connectivity index (χ1n) is 7.00. The van der Waals surface area contributed by atoms with E-state index >= 15 is 0 Å². The van der Waals surface area contributed by atoms with Gasteiger partial charge in [0.05, 0.1) is 6.54 Å². The second kappa shape index (κ2) is 6.45. The number of nitrogens with zero attached hydrogens (tertiary/aromatic N) is 1. The van der Waals surface area contributed by atoms with Crippen LogP contribution in [-0.2, 0) is 16.1 Å². The van der Waals surface area contributed by atoms with E-state index in [1.165, 1.54) is 0 Å². The smallest absolute Gasteiger partial charge is 0.249 e. The SMILES string of the molecule is CC(C)NCc1cc(Cl)ccc1N1CC(=O)NC(=O)C1C. The summed E-state index contributed by atoms with van der Waals surface area (Å²) in [6.07, 6.45) is 0. The average molecular weight is 310 g/mol. The molecule has 2 amide bonds. The van der Waals surface area contributed by atoms with Crippen LogP contribution in [0.5, 0.6) is 0 Å². The summed E-state index contributed by atoms with van der Waals surface area (Å²) in [5.41, 5.74) is 1.84. The fraction of sp³-hybridized carbons (Fsp3) is 0.467. The Morgan fingerprint density at radius 1 is 1.43 bits per heavy atom. The van der Waals surface area contributed by atoms with Gasteiger partial charge in [-0.25, -0.2) is 0 Å². The van der Waals surface area contributed by atoms with Crippen LogP contribution in [0.4, 0.5) is 5.69 Å². The van der Waals surface area contributed by atoms with Gasteiger partial charge in [0, 0.05) is 23.3 Å². The molecule has 6 heteroatoms. The molecule has 21 heavy (non-hydrogen) atoms. The van der Waals surface area contributed by atoms with E-state index in [-0.39, 0.29) is 24.4 Å². The molecular formula is C15H20ClN3O2. The molecule has 0 bridgehead atoms. The topological polar surface area (TPSA) is 61.4 Å². The van der Waals surface area contributed by atoms with Crippen molar-refractivity contribution in [1.29, 1.82) is 0 Å². The third-order valence-corrected chi connectivity index (χ3v) is 3.71. The van der Waals surface area contributed by atoms with E-state index in [4.69, 9.17) is 11.6 Å². The monoisotopic (exact) mass is 309 g/mol. The number of anilines is 1. The number of hydrogen-bond donors (Lipinski definition) is 2. The third-order valence-electron chi connectivity index (χ3n) is 3.48. The van der Waals surface area contributed by atoms with Crippen LogP contribution in [0.15, 0.2) is 18.2 Å². The lowest BCUT2D eigenvalue weighted by atomic mass is 10.1. The molecule has 0 radical (unpaired) electrons. The highest BCUT2D eigenvalue weighted by molar-refractivity contribution is 6.30. The highest BCUT2D eigenvalue weighted by atomic mass is 35.5. The lowest BCUT2D eigenvalue weighted by molar-refractivity contribution is -0.132. The van der Waals surface area contributed by atoms with Crippen molar-refractivity contribution < 1.29 is 9.59 Å². The van der Waals surface area contributed by atoms with Crippen molar-refractivity contribution in [3.63, 3.8) is 0 Å². The molecule has 0 aliphatic carbocycles. The number of amides is 2. The van der Waals surface area contributed by atoms with Gasteiger partial charge < -0.3 is 10.2 Å². The van der Waals surface area contributed by atoms with Gasteiger partial charge in [-0.15, -0.1) is 0 Å². The van der Waals surface area contributed by atoms with E-state index in [0.29, 0.717) is 17.6 Å². The molecule has 0 aromatic heterocycles. The Balaban J connectivity index is 2.33. The lowest BCUT2D eigenvalue weighted by Gasteiger charge is -2.35. The molecule has 1 aromatic carbocycles. The zero-order valence-electron chi connectivity index (χ0n) is 12.4. The molecule has 1 aliphatic rings. The minimum absolute atomic E-state index is 0.170. The number of nitrogens with one attached hydrogen (secondary N) is 2. The van der Waals surface area contributed by atoms with Crippen LogP contribution >= 0.6 is 11.6 Å². The van der Waals surface area contributed by atoms with Crippen molar-refractivity contribution >= 4 is 29.1 Å². The summed E-state index contributed by atoms with van der Waals surface area (Å²) in [7, 11) is 0. The zero-order chi connectivity index (χ0) is 15.6. The number of imide groups is 1. The maximum absolute atomic E-state index is 11.8. The molecule has 1 fully saturated rings. The Hall–Kier alpha value is -1.59. The first-order chi connectivity index (χ1) is 9.88. The summed E-state index contributed by atoms with van der Waals surface area (Å²) in [5, 5.41) is 6.32. The number of benzene rings is 1. The summed E-state index contributed by atoms with van der Waals surface area (Å²) in [5.74, 6) is -0.556. The molecule has 1 heterocycles. The molecule has 0 spiro atoms. The third kappa shape index (κ3) is 3.74. The van der Waals surface area contributed by atoms with E-state index in [2.05, 4.69) is 24.5 Å². The number of carbonyl (C=O) groups is 2. The number of hydrogen-bond acceptors (Lipinski definition) is 4. The average Bonchev–Trinajstić information content (AvgIpc) is 2.41. The summed E-state index contributed by atoms with van der Waals surface area (Å²) < 4.78 is 0. The highest BCUT2D eigenvalue weighted by Gasteiger charge is 2.31. The van der Waals surface area contributed by atoms with Crippen molar-refractivity contribution in [2.45, 2.75) is 39.4 Å². The van der Waals surface area contributed by atoms with Crippen molar-refractivity contribution in [1.82, 2.24) is 10.6 Å². The Kier molecular flexibility index (Phi) is 4.85. The second-order valence-corrected chi connectivity index (χ2v) is 5.96. The predicted molar refractivity (Wildman–Crippen MR) is 83.4 cm³/mol. The summed E-state index contributed by atoms with van der Waals surface area (Å²) >= 11 is 6.07. The molecule has 1 aliphatic heterocycles. The van der Waals surface area contributed by atoms with Gasteiger partial charge in [0.2, 0.25) is 11.8 Å². The van der Waals surface area contributed by atoms with Gasteiger partial charge in [-0.2, -0.15) is 0 Å². The maximum atomic E-state index is 11.8. The molecule has 114 valence electrons. The van der Waals surface area contributed by atoms with Crippen LogP contribution in [0.3, 0.4) is 0 Å². The van der Waals surface area contributed by atoms with Gasteiger partial charge in [-0.05, 0) is 30.7 Å². The van der Waals surface area contributed by atoms with Crippen molar-refractivity contribution in [3.8, 4) is 0 Å². The lowest BCUT2D eigenvalue weighted by Crippen LogP contribution is -2.57. The van der Waals surface area contributed by atoms with E-state index in [1.807, 2.05) is 17.0 Å². The van der Waals surface area contributed by atoms with Crippen molar-refractivity contribution in [2.24, 2.45) is 0 Å². The maximum Gasteiger partial charge on any atom is 0.249 e. The molecule has 1 atom stereocenters. The molecule has 1 unspecified atom stereocenters. The predicted octanol–water partition coefficient (Wildman–Crippen LogP) is 1.69. The van der Waals surface area contributed by atoms with Gasteiger partial charge in [0.25, 0.3) is 0 Å². The Morgan fingerprint density at radius 2 is 2.14 bits per heavy atom. The largest absolute Gasteiger partial charge is 0.350 e. The molecule has 2 rings (SSSR count). The molecule has 5 nitrogen and oxygen atoms in total. The number of rotatable bonds is 4. The van der Waals surface area contributed by atoms with E-state index < -0.39 is 0 Å². The number of carbonyl (C=O) groups excluding carboxylic acids is 2. The van der Waals surface area contributed by atoms with Crippen LogP contribution in [0, 0.1) is 0 Å². The molecule has 1 aromatic rings. The van der Waals surface area contributed by atoms with Gasteiger partial charge in [0.15, 0.2) is 0 Å². The van der Waals surface area contributed by atoms with Crippen LogP contribution < -0.4 is 15.5 Å². The standard InChI is InChI=1S/C15H20ClN3O2/c1-9(2)17-7-11-6-12(16)4-5-13(11)19-8-14(20)18-15(21)10(19)3/h4-6,9-10,17H,7-8H2,1-3H3,(H,18,20,21). The van der Waals surface area contributed by atoms with Gasteiger partial charge in [-0.1, -0.05) is 25.4 Å². The highest BCUT2D eigenvalue weighted by Crippen LogP contribution is 2.27. The zero-order valence-corrected chi connectivity index (χ0v) is 13.2. The van der Waals surface area contributed by atoms with Crippen LogP contribution in [0.2, 0.25) is 5.02 Å². The summed E-state index contributed by atoms with van der Waals surface area (Å²) in [6.45, 7) is 6.71. The summed E-state index contributed by atoms with van der Waals surface area (Å²) in [6, 6.07) is 5.46. The van der Waals surface area contributed by atoms with Gasteiger partial charge >= 0.3 is 0 Å². The molecule has 2 N–H and O–H groups in total. The number of halogens is 1. The van der Waals surface area contributed by atoms with E-state index in [9.17, 15) is 9.59 Å². The van der Waals surface area contributed by atoms with E-state index in [1.54, 1.807) is 13.0 Å².